The summed E-state index contributed by atoms with van der Waals surface area (Å²) in [4.78, 5) is 11.4. The molecule has 0 aliphatic carbocycles. The molecule has 2 rings (SSSR count). The molecule has 7 nitrogen and oxygen atoms in total. The van der Waals surface area contributed by atoms with Gasteiger partial charge in [-0.1, -0.05) is 0 Å². The molecule has 0 unspecified atom stereocenters. The van der Waals surface area contributed by atoms with Gasteiger partial charge in [0.05, 0.1) is 5.69 Å². The fraction of sp³-hybridized carbons (Fsp3) is 0.273. The van der Waals surface area contributed by atoms with E-state index in [-0.39, 0.29) is 5.91 Å². The summed E-state index contributed by atoms with van der Waals surface area (Å²) in [7, 11) is 0. The van der Waals surface area contributed by atoms with Crippen LogP contribution in [-0.2, 0) is 4.79 Å². The molecule has 1 amide bonds. The van der Waals surface area contributed by atoms with E-state index >= 15 is 0 Å². The van der Waals surface area contributed by atoms with Gasteiger partial charge in [-0.05, 0) is 41.1 Å². The first-order valence-electron chi connectivity index (χ1n) is 5.54. The van der Waals surface area contributed by atoms with E-state index in [9.17, 15) is 4.79 Å². The Morgan fingerprint density at radius 1 is 1.50 bits per heavy atom. The Morgan fingerprint density at radius 3 is 2.94 bits per heavy atom. The predicted molar refractivity (Wildman–Crippen MR) is 66.2 cm³/mol. The van der Waals surface area contributed by atoms with Crippen LogP contribution in [0.5, 0.6) is 0 Å². The number of nitrogens with one attached hydrogen (secondary N) is 1. The number of aromatic nitrogens is 4. The van der Waals surface area contributed by atoms with Gasteiger partial charge in [-0.2, -0.15) is 0 Å². The van der Waals surface area contributed by atoms with E-state index in [4.69, 9.17) is 5.73 Å². The highest BCUT2D eigenvalue weighted by Gasteiger charge is 2.05. The van der Waals surface area contributed by atoms with Crippen molar-refractivity contribution in [3.05, 3.63) is 30.1 Å². The Balaban J connectivity index is 2.18. The third-order valence-electron chi connectivity index (χ3n) is 2.45. The largest absolute Gasteiger partial charge is 0.330 e. The van der Waals surface area contributed by atoms with Crippen molar-refractivity contribution in [3.63, 3.8) is 0 Å². The van der Waals surface area contributed by atoms with Gasteiger partial charge in [-0.25, -0.2) is 4.68 Å². The van der Waals surface area contributed by atoms with Gasteiger partial charge < -0.3 is 11.1 Å². The van der Waals surface area contributed by atoms with Crippen molar-refractivity contribution in [2.75, 3.05) is 11.9 Å². The molecule has 7 heteroatoms. The Labute approximate surface area is 104 Å². The smallest absolute Gasteiger partial charge is 0.225 e. The van der Waals surface area contributed by atoms with Crippen LogP contribution in [0.15, 0.2) is 24.5 Å². The maximum absolute atomic E-state index is 11.4. The topological polar surface area (TPSA) is 98.7 Å². The van der Waals surface area contributed by atoms with Crippen LogP contribution in [-0.4, -0.2) is 32.7 Å². The molecule has 2 aromatic rings. The van der Waals surface area contributed by atoms with E-state index in [2.05, 4.69) is 20.8 Å². The number of aryl methyl sites for hydroxylation is 1. The number of nitrogens with two attached hydrogens (primary N) is 1. The number of hydrogen-bond donors (Lipinski definition) is 2. The molecule has 0 aliphatic rings. The average Bonchev–Trinajstić information content (AvgIpc) is 2.82. The second kappa shape index (κ2) is 5.37. The summed E-state index contributed by atoms with van der Waals surface area (Å²) in [6.45, 7) is 2.27. The van der Waals surface area contributed by atoms with Crippen molar-refractivity contribution in [2.45, 2.75) is 13.3 Å². The molecule has 0 fully saturated rings. The Kier molecular flexibility index (Phi) is 3.63. The van der Waals surface area contributed by atoms with Crippen LogP contribution in [0.3, 0.4) is 0 Å². The highest BCUT2D eigenvalue weighted by molar-refractivity contribution is 5.91. The number of benzene rings is 1. The molecule has 0 saturated heterocycles. The maximum Gasteiger partial charge on any atom is 0.225 e. The molecule has 0 bridgehead atoms. The van der Waals surface area contributed by atoms with Gasteiger partial charge in [0, 0.05) is 18.7 Å². The summed E-state index contributed by atoms with van der Waals surface area (Å²) in [5, 5.41) is 13.8. The normalized spacial score (nSPS) is 10.3. The quantitative estimate of drug-likeness (QED) is 0.806. The van der Waals surface area contributed by atoms with Gasteiger partial charge in [0.2, 0.25) is 5.91 Å². The SMILES string of the molecule is Cc1cc(NC(=O)CCN)ccc1-n1cnnn1. The molecule has 18 heavy (non-hydrogen) atoms. The molecule has 0 spiro atoms. The molecular weight excluding hydrogens is 232 g/mol. The standard InChI is InChI=1S/C11H14N6O/c1-8-6-9(14-11(18)4-5-12)2-3-10(8)17-7-13-15-16-17/h2-3,6-7H,4-5,12H2,1H3,(H,14,18). The molecule has 0 radical (unpaired) electrons. The second-order valence-corrected chi connectivity index (χ2v) is 3.84. The summed E-state index contributed by atoms with van der Waals surface area (Å²) in [6.07, 6.45) is 1.84. The van der Waals surface area contributed by atoms with Crippen molar-refractivity contribution in [1.82, 2.24) is 20.2 Å². The van der Waals surface area contributed by atoms with Crippen molar-refractivity contribution < 1.29 is 4.79 Å². The minimum absolute atomic E-state index is 0.0907. The monoisotopic (exact) mass is 246 g/mol. The van der Waals surface area contributed by atoms with Crippen molar-refractivity contribution in [1.29, 1.82) is 0 Å². The van der Waals surface area contributed by atoms with Crippen LogP contribution in [0.4, 0.5) is 5.69 Å². The summed E-state index contributed by atoms with van der Waals surface area (Å²) in [6, 6.07) is 5.52. The van der Waals surface area contributed by atoms with E-state index in [0.717, 1.165) is 16.9 Å². The van der Waals surface area contributed by atoms with Gasteiger partial charge in [-0.3, -0.25) is 4.79 Å². The number of nitrogens with zero attached hydrogens (tertiary/aromatic N) is 4. The van der Waals surface area contributed by atoms with Crippen molar-refractivity contribution in [2.24, 2.45) is 5.73 Å². The van der Waals surface area contributed by atoms with Crippen LogP contribution in [0.1, 0.15) is 12.0 Å². The predicted octanol–water partition coefficient (Wildman–Crippen LogP) is 0.258. The molecule has 1 aromatic heterocycles. The number of tetrazole rings is 1. The third-order valence-corrected chi connectivity index (χ3v) is 2.45. The second-order valence-electron chi connectivity index (χ2n) is 3.84. The lowest BCUT2D eigenvalue weighted by Gasteiger charge is -2.08. The Morgan fingerprint density at radius 2 is 2.33 bits per heavy atom. The van der Waals surface area contributed by atoms with Crippen LogP contribution in [0.25, 0.3) is 5.69 Å². The highest BCUT2D eigenvalue weighted by atomic mass is 16.1. The zero-order valence-electron chi connectivity index (χ0n) is 10.00. The fourth-order valence-electron chi connectivity index (χ4n) is 1.62. The average molecular weight is 246 g/mol. The van der Waals surface area contributed by atoms with Gasteiger partial charge in [-0.15, -0.1) is 5.10 Å². The number of amides is 1. The summed E-state index contributed by atoms with van der Waals surface area (Å²) >= 11 is 0. The molecule has 3 N–H and O–H groups in total. The van der Waals surface area contributed by atoms with E-state index < -0.39 is 0 Å². The van der Waals surface area contributed by atoms with E-state index in [1.165, 1.54) is 6.33 Å². The van der Waals surface area contributed by atoms with Crippen molar-refractivity contribution in [3.8, 4) is 5.69 Å². The molecule has 0 atom stereocenters. The summed E-state index contributed by atoms with van der Waals surface area (Å²) in [5.74, 6) is -0.0907. The molecular formula is C11H14N6O. The van der Waals surface area contributed by atoms with Gasteiger partial charge in [0.1, 0.15) is 6.33 Å². The number of carbonyl (C=O) groups excluding carboxylic acids is 1. The zero-order valence-corrected chi connectivity index (χ0v) is 10.00. The van der Waals surface area contributed by atoms with Crippen molar-refractivity contribution >= 4 is 11.6 Å². The fourth-order valence-corrected chi connectivity index (χ4v) is 1.62. The first-order valence-corrected chi connectivity index (χ1v) is 5.54. The number of rotatable bonds is 4. The molecule has 1 aromatic carbocycles. The number of hydrogen-bond acceptors (Lipinski definition) is 5. The first kappa shape index (κ1) is 12.2. The third kappa shape index (κ3) is 2.69. The molecule has 1 heterocycles. The minimum Gasteiger partial charge on any atom is -0.330 e. The van der Waals surface area contributed by atoms with Crippen LogP contribution in [0.2, 0.25) is 0 Å². The highest BCUT2D eigenvalue weighted by Crippen LogP contribution is 2.17. The molecule has 0 aliphatic heterocycles. The zero-order chi connectivity index (χ0) is 13.0. The maximum atomic E-state index is 11.4. The Hall–Kier alpha value is -2.28. The lowest BCUT2D eigenvalue weighted by Crippen LogP contribution is -2.16. The van der Waals surface area contributed by atoms with Gasteiger partial charge in [0.15, 0.2) is 0 Å². The van der Waals surface area contributed by atoms with E-state index in [0.29, 0.717) is 13.0 Å². The lowest BCUT2D eigenvalue weighted by molar-refractivity contribution is -0.116. The van der Waals surface area contributed by atoms with Crippen LogP contribution >= 0.6 is 0 Å². The number of carbonyl (C=O) groups is 1. The lowest BCUT2D eigenvalue weighted by atomic mass is 10.1. The summed E-state index contributed by atoms with van der Waals surface area (Å²) < 4.78 is 1.57. The van der Waals surface area contributed by atoms with Gasteiger partial charge >= 0.3 is 0 Å². The molecule has 94 valence electrons. The molecule has 0 saturated carbocycles. The first-order chi connectivity index (χ1) is 8.70. The van der Waals surface area contributed by atoms with Gasteiger partial charge in [0.25, 0.3) is 0 Å². The minimum atomic E-state index is -0.0907. The van der Waals surface area contributed by atoms with Crippen LogP contribution in [0, 0.1) is 6.92 Å². The van der Waals surface area contributed by atoms with E-state index in [1.807, 2.05) is 19.1 Å². The Bertz CT molecular complexity index is 536. The summed E-state index contributed by atoms with van der Waals surface area (Å²) in [5.41, 5.74) is 7.89. The van der Waals surface area contributed by atoms with Crippen LogP contribution < -0.4 is 11.1 Å². The van der Waals surface area contributed by atoms with E-state index in [1.54, 1.807) is 10.7 Å². The number of anilines is 1.